The molecule has 0 spiro atoms. The first kappa shape index (κ1) is 12.4. The Bertz CT molecular complexity index is 315. The first-order valence-corrected chi connectivity index (χ1v) is 6.39. The molecule has 1 heterocycles. The largest absolute Gasteiger partial charge is 0.494 e. The van der Waals surface area contributed by atoms with Gasteiger partial charge in [-0.1, -0.05) is 18.2 Å². The standard InChI is InChI=1S/C14H21NO2/c16-12-13-7-9-15(11-13)8-4-10-17-14-5-2-1-3-6-14/h1-3,5-6,13,16H,4,7-12H2/t13-/m1/s1. The van der Waals surface area contributed by atoms with Crippen LogP contribution in [0.4, 0.5) is 0 Å². The molecule has 1 aromatic carbocycles. The highest BCUT2D eigenvalue weighted by Gasteiger charge is 2.20. The normalized spacial score (nSPS) is 20.6. The molecule has 1 aromatic rings. The van der Waals surface area contributed by atoms with Gasteiger partial charge >= 0.3 is 0 Å². The van der Waals surface area contributed by atoms with Gasteiger partial charge in [0.15, 0.2) is 0 Å². The van der Waals surface area contributed by atoms with Crippen LogP contribution in [0.25, 0.3) is 0 Å². The average Bonchev–Trinajstić information content (AvgIpc) is 2.84. The van der Waals surface area contributed by atoms with Gasteiger partial charge in [-0.2, -0.15) is 0 Å². The van der Waals surface area contributed by atoms with E-state index in [0.717, 1.165) is 44.8 Å². The van der Waals surface area contributed by atoms with Crippen molar-refractivity contribution in [1.82, 2.24) is 4.90 Å². The fourth-order valence-electron chi connectivity index (χ4n) is 2.26. The molecule has 1 saturated heterocycles. The van der Waals surface area contributed by atoms with Crippen LogP contribution in [0.5, 0.6) is 5.75 Å². The smallest absolute Gasteiger partial charge is 0.119 e. The van der Waals surface area contributed by atoms with E-state index >= 15 is 0 Å². The minimum atomic E-state index is 0.330. The van der Waals surface area contributed by atoms with E-state index in [2.05, 4.69) is 4.90 Å². The number of aliphatic hydroxyl groups excluding tert-OH is 1. The van der Waals surface area contributed by atoms with Gasteiger partial charge in [0.05, 0.1) is 6.61 Å². The molecule has 0 unspecified atom stereocenters. The van der Waals surface area contributed by atoms with Crippen molar-refractivity contribution in [2.24, 2.45) is 5.92 Å². The summed E-state index contributed by atoms with van der Waals surface area (Å²) in [5.41, 5.74) is 0. The Labute approximate surface area is 103 Å². The fourth-order valence-corrected chi connectivity index (χ4v) is 2.26. The Morgan fingerprint density at radius 2 is 2.12 bits per heavy atom. The number of aliphatic hydroxyl groups is 1. The van der Waals surface area contributed by atoms with Crippen LogP contribution in [0.3, 0.4) is 0 Å². The Balaban J connectivity index is 1.58. The number of benzene rings is 1. The van der Waals surface area contributed by atoms with Gasteiger partial charge < -0.3 is 14.7 Å². The predicted octanol–water partition coefficient (Wildman–Crippen LogP) is 1.77. The number of hydrogen-bond donors (Lipinski definition) is 1. The molecule has 1 atom stereocenters. The number of para-hydroxylation sites is 1. The van der Waals surface area contributed by atoms with Crippen molar-refractivity contribution in [1.29, 1.82) is 0 Å². The summed E-state index contributed by atoms with van der Waals surface area (Å²) in [5, 5.41) is 9.05. The van der Waals surface area contributed by atoms with Gasteiger partial charge in [-0.05, 0) is 37.4 Å². The van der Waals surface area contributed by atoms with Gasteiger partial charge in [0.1, 0.15) is 5.75 Å². The molecular formula is C14H21NO2. The summed E-state index contributed by atoms with van der Waals surface area (Å²) in [6.45, 7) is 4.34. The quantitative estimate of drug-likeness (QED) is 0.763. The van der Waals surface area contributed by atoms with Gasteiger partial charge in [0, 0.05) is 19.7 Å². The first-order chi connectivity index (χ1) is 8.38. The van der Waals surface area contributed by atoms with E-state index in [4.69, 9.17) is 9.84 Å². The topological polar surface area (TPSA) is 32.7 Å². The van der Waals surface area contributed by atoms with E-state index in [0.29, 0.717) is 12.5 Å². The lowest BCUT2D eigenvalue weighted by Crippen LogP contribution is -2.24. The zero-order valence-corrected chi connectivity index (χ0v) is 10.2. The fraction of sp³-hybridized carbons (Fsp3) is 0.571. The molecule has 0 aliphatic carbocycles. The van der Waals surface area contributed by atoms with Crippen LogP contribution < -0.4 is 4.74 Å². The van der Waals surface area contributed by atoms with Crippen molar-refractivity contribution in [3.63, 3.8) is 0 Å². The lowest BCUT2D eigenvalue weighted by Gasteiger charge is -2.15. The monoisotopic (exact) mass is 235 g/mol. The second-order valence-corrected chi connectivity index (χ2v) is 4.65. The van der Waals surface area contributed by atoms with Crippen LogP contribution >= 0.6 is 0 Å². The van der Waals surface area contributed by atoms with Crippen LogP contribution in [0.15, 0.2) is 30.3 Å². The Kier molecular flexibility index (Phi) is 4.83. The van der Waals surface area contributed by atoms with Crippen LogP contribution in [0.1, 0.15) is 12.8 Å². The molecule has 3 heteroatoms. The average molecular weight is 235 g/mol. The molecule has 3 nitrogen and oxygen atoms in total. The maximum absolute atomic E-state index is 9.05. The van der Waals surface area contributed by atoms with Crippen molar-refractivity contribution in [3.05, 3.63) is 30.3 Å². The van der Waals surface area contributed by atoms with Crippen LogP contribution in [0.2, 0.25) is 0 Å². The summed E-state index contributed by atoms with van der Waals surface area (Å²) in [7, 11) is 0. The number of hydrogen-bond acceptors (Lipinski definition) is 3. The third-order valence-corrected chi connectivity index (χ3v) is 3.26. The van der Waals surface area contributed by atoms with Crippen molar-refractivity contribution in [2.75, 3.05) is 32.8 Å². The third kappa shape index (κ3) is 4.02. The summed E-state index contributed by atoms with van der Waals surface area (Å²) in [4.78, 5) is 2.41. The van der Waals surface area contributed by atoms with Crippen molar-refractivity contribution >= 4 is 0 Å². The summed E-state index contributed by atoms with van der Waals surface area (Å²) < 4.78 is 5.64. The number of likely N-dealkylation sites (tertiary alicyclic amines) is 1. The van der Waals surface area contributed by atoms with Crippen LogP contribution in [-0.4, -0.2) is 42.9 Å². The molecule has 2 rings (SSSR count). The number of rotatable bonds is 6. The highest BCUT2D eigenvalue weighted by Crippen LogP contribution is 2.15. The minimum absolute atomic E-state index is 0.330. The van der Waals surface area contributed by atoms with E-state index < -0.39 is 0 Å². The van der Waals surface area contributed by atoms with E-state index in [1.165, 1.54) is 0 Å². The summed E-state index contributed by atoms with van der Waals surface area (Å²) in [6.07, 6.45) is 2.18. The van der Waals surface area contributed by atoms with Gasteiger partial charge in [0.25, 0.3) is 0 Å². The molecule has 0 amide bonds. The first-order valence-electron chi connectivity index (χ1n) is 6.39. The summed E-state index contributed by atoms with van der Waals surface area (Å²) in [5.74, 6) is 1.44. The Morgan fingerprint density at radius 3 is 2.82 bits per heavy atom. The van der Waals surface area contributed by atoms with Crippen molar-refractivity contribution in [2.45, 2.75) is 12.8 Å². The highest BCUT2D eigenvalue weighted by molar-refractivity contribution is 5.20. The zero-order valence-electron chi connectivity index (χ0n) is 10.2. The molecule has 1 aliphatic rings. The minimum Gasteiger partial charge on any atom is -0.494 e. The summed E-state index contributed by atoms with van der Waals surface area (Å²) >= 11 is 0. The molecule has 0 bridgehead atoms. The van der Waals surface area contributed by atoms with E-state index in [1.807, 2.05) is 30.3 Å². The Morgan fingerprint density at radius 1 is 1.29 bits per heavy atom. The lowest BCUT2D eigenvalue weighted by atomic mass is 10.1. The Hall–Kier alpha value is -1.06. The van der Waals surface area contributed by atoms with Gasteiger partial charge in [0.2, 0.25) is 0 Å². The van der Waals surface area contributed by atoms with E-state index in [-0.39, 0.29) is 0 Å². The highest BCUT2D eigenvalue weighted by atomic mass is 16.5. The molecule has 1 aliphatic heterocycles. The number of ether oxygens (including phenoxy) is 1. The third-order valence-electron chi connectivity index (χ3n) is 3.26. The maximum atomic E-state index is 9.05. The van der Waals surface area contributed by atoms with Crippen LogP contribution in [-0.2, 0) is 0 Å². The van der Waals surface area contributed by atoms with E-state index in [1.54, 1.807) is 0 Å². The second kappa shape index (κ2) is 6.62. The number of nitrogens with zero attached hydrogens (tertiary/aromatic N) is 1. The van der Waals surface area contributed by atoms with Gasteiger partial charge in [-0.15, -0.1) is 0 Å². The predicted molar refractivity (Wildman–Crippen MR) is 68.2 cm³/mol. The zero-order chi connectivity index (χ0) is 11.9. The van der Waals surface area contributed by atoms with Crippen LogP contribution in [0, 0.1) is 5.92 Å². The molecule has 94 valence electrons. The SMILES string of the molecule is OC[C@@H]1CCN(CCCOc2ccccc2)C1. The van der Waals surface area contributed by atoms with Gasteiger partial charge in [-0.3, -0.25) is 0 Å². The lowest BCUT2D eigenvalue weighted by molar-refractivity contribution is 0.215. The molecule has 0 saturated carbocycles. The van der Waals surface area contributed by atoms with E-state index in [9.17, 15) is 0 Å². The molecule has 17 heavy (non-hydrogen) atoms. The van der Waals surface area contributed by atoms with Gasteiger partial charge in [-0.25, -0.2) is 0 Å². The molecular weight excluding hydrogens is 214 g/mol. The molecule has 0 radical (unpaired) electrons. The van der Waals surface area contributed by atoms with Crippen molar-refractivity contribution < 1.29 is 9.84 Å². The molecule has 1 N–H and O–H groups in total. The summed E-state index contributed by atoms with van der Waals surface area (Å²) in [6, 6.07) is 9.94. The maximum Gasteiger partial charge on any atom is 0.119 e. The molecule has 1 fully saturated rings. The molecule has 0 aromatic heterocycles. The second-order valence-electron chi connectivity index (χ2n) is 4.65. The van der Waals surface area contributed by atoms with Crippen molar-refractivity contribution in [3.8, 4) is 5.75 Å².